The van der Waals surface area contributed by atoms with Gasteiger partial charge in [-0.1, -0.05) is 29.8 Å². The number of carbonyl (C=O) groups excluding carboxylic acids is 2. The molecule has 0 radical (unpaired) electrons. The van der Waals surface area contributed by atoms with Crippen LogP contribution in [0.5, 0.6) is 11.5 Å². The fraction of sp³-hybridized carbons (Fsp3) is 0.417. The molecule has 0 aliphatic carbocycles. The maximum absolute atomic E-state index is 12.7. The third-order valence-electron chi connectivity index (χ3n) is 5.50. The van der Waals surface area contributed by atoms with E-state index in [1.54, 1.807) is 19.2 Å². The molecule has 7 heteroatoms. The Kier molecular flexibility index (Phi) is 8.18. The molecule has 0 saturated carbocycles. The molecule has 2 aromatic rings. The summed E-state index contributed by atoms with van der Waals surface area (Å²) in [5, 5.41) is 3.46. The highest BCUT2D eigenvalue weighted by Gasteiger charge is 2.26. The molecule has 1 N–H and O–H groups in total. The minimum Gasteiger partial charge on any atom is -0.493 e. The molecule has 3 rings (SSSR count). The first-order valence-electron chi connectivity index (χ1n) is 10.6. The van der Waals surface area contributed by atoms with E-state index in [4.69, 9.17) is 21.1 Å². The number of likely N-dealkylation sites (tertiary alicyclic amines) is 1. The lowest BCUT2D eigenvalue weighted by atomic mass is 9.93. The van der Waals surface area contributed by atoms with E-state index in [0.29, 0.717) is 54.7 Å². The van der Waals surface area contributed by atoms with Crippen LogP contribution in [-0.2, 0) is 11.3 Å². The monoisotopic (exact) mass is 444 g/mol. The molecular formula is C24H29ClN2O4. The Labute approximate surface area is 188 Å². The summed E-state index contributed by atoms with van der Waals surface area (Å²) in [7, 11) is 1.60. The average molecular weight is 445 g/mol. The largest absolute Gasteiger partial charge is 0.493 e. The van der Waals surface area contributed by atoms with Gasteiger partial charge in [-0.25, -0.2) is 0 Å². The summed E-state index contributed by atoms with van der Waals surface area (Å²) >= 11 is 6.15. The predicted molar refractivity (Wildman–Crippen MR) is 121 cm³/mol. The minimum atomic E-state index is -0.0436. The molecule has 1 aliphatic rings. The van der Waals surface area contributed by atoms with Crippen LogP contribution in [0, 0.1) is 5.92 Å². The van der Waals surface area contributed by atoms with Gasteiger partial charge in [-0.2, -0.15) is 0 Å². The lowest BCUT2D eigenvalue weighted by molar-refractivity contribution is -0.122. The average Bonchev–Trinajstić information content (AvgIpc) is 2.79. The summed E-state index contributed by atoms with van der Waals surface area (Å²) in [4.78, 5) is 26.9. The predicted octanol–water partition coefficient (Wildman–Crippen LogP) is 4.31. The van der Waals surface area contributed by atoms with Crippen molar-refractivity contribution in [2.24, 2.45) is 5.92 Å². The number of rotatable bonds is 8. The number of hydrogen-bond donors (Lipinski definition) is 1. The van der Waals surface area contributed by atoms with E-state index in [9.17, 15) is 9.59 Å². The number of benzene rings is 2. The second-order valence-electron chi connectivity index (χ2n) is 7.61. The summed E-state index contributed by atoms with van der Waals surface area (Å²) in [6.45, 7) is 4.20. The molecule has 31 heavy (non-hydrogen) atoms. The van der Waals surface area contributed by atoms with Crippen molar-refractivity contribution >= 4 is 23.4 Å². The summed E-state index contributed by atoms with van der Waals surface area (Å²) in [5.74, 6) is 1.59. The smallest absolute Gasteiger partial charge is 0.255 e. The van der Waals surface area contributed by atoms with Crippen LogP contribution in [0.2, 0.25) is 5.02 Å². The fourth-order valence-electron chi connectivity index (χ4n) is 3.78. The second-order valence-corrected chi connectivity index (χ2v) is 8.02. The molecule has 2 aromatic carbocycles. The summed E-state index contributed by atoms with van der Waals surface area (Å²) < 4.78 is 10.9. The maximum Gasteiger partial charge on any atom is 0.255 e. The Morgan fingerprint density at radius 2 is 1.87 bits per heavy atom. The molecule has 6 nitrogen and oxygen atoms in total. The SMILES string of the molecule is CCOc1ccc(CNC(=O)CC2CCN(C(=O)c3ccccc3Cl)CC2)cc1OC. The van der Waals surface area contributed by atoms with Crippen molar-refractivity contribution in [2.75, 3.05) is 26.8 Å². The van der Waals surface area contributed by atoms with Crippen LogP contribution < -0.4 is 14.8 Å². The number of ether oxygens (including phenoxy) is 2. The highest BCUT2D eigenvalue weighted by atomic mass is 35.5. The standard InChI is InChI=1S/C24H29ClN2O4/c1-3-31-21-9-8-18(14-22(21)30-2)16-26-23(28)15-17-10-12-27(13-11-17)24(29)19-6-4-5-7-20(19)25/h4-9,14,17H,3,10-13,15-16H2,1-2H3,(H,26,28). The summed E-state index contributed by atoms with van der Waals surface area (Å²) in [6.07, 6.45) is 2.07. The topological polar surface area (TPSA) is 67.9 Å². The van der Waals surface area contributed by atoms with E-state index < -0.39 is 0 Å². The first-order chi connectivity index (χ1) is 15.0. The highest BCUT2D eigenvalue weighted by Crippen LogP contribution is 2.28. The van der Waals surface area contributed by atoms with E-state index in [1.165, 1.54) is 0 Å². The zero-order valence-corrected chi connectivity index (χ0v) is 18.8. The van der Waals surface area contributed by atoms with Crippen molar-refractivity contribution < 1.29 is 19.1 Å². The fourth-order valence-corrected chi connectivity index (χ4v) is 3.99. The number of nitrogens with one attached hydrogen (secondary N) is 1. The van der Waals surface area contributed by atoms with Crippen LogP contribution in [0.1, 0.15) is 42.1 Å². The van der Waals surface area contributed by atoms with Crippen molar-refractivity contribution in [1.82, 2.24) is 10.2 Å². The Morgan fingerprint density at radius 3 is 2.55 bits per heavy atom. The van der Waals surface area contributed by atoms with Crippen molar-refractivity contribution in [3.05, 3.63) is 58.6 Å². The van der Waals surface area contributed by atoms with E-state index in [1.807, 2.05) is 42.2 Å². The molecule has 1 heterocycles. The molecule has 0 atom stereocenters. The molecule has 0 aromatic heterocycles. The van der Waals surface area contributed by atoms with Crippen LogP contribution in [0.4, 0.5) is 0 Å². The Hall–Kier alpha value is -2.73. The zero-order chi connectivity index (χ0) is 22.2. The summed E-state index contributed by atoms with van der Waals surface area (Å²) in [5.41, 5.74) is 1.49. The van der Waals surface area contributed by atoms with Crippen LogP contribution in [0.3, 0.4) is 0 Å². The first-order valence-corrected chi connectivity index (χ1v) is 11.0. The molecule has 166 valence electrons. The minimum absolute atomic E-state index is 0.0173. The van der Waals surface area contributed by atoms with Crippen molar-refractivity contribution in [1.29, 1.82) is 0 Å². The van der Waals surface area contributed by atoms with Crippen molar-refractivity contribution in [3.8, 4) is 11.5 Å². The van der Waals surface area contributed by atoms with Crippen LogP contribution in [-0.4, -0.2) is 43.5 Å². The number of amides is 2. The molecule has 1 aliphatic heterocycles. The first kappa shape index (κ1) is 22.9. The molecule has 1 fully saturated rings. The molecular weight excluding hydrogens is 416 g/mol. The molecule has 1 saturated heterocycles. The molecule has 0 spiro atoms. The number of piperidine rings is 1. The van der Waals surface area contributed by atoms with Gasteiger partial charge in [-0.05, 0) is 55.5 Å². The molecule has 0 bridgehead atoms. The summed E-state index contributed by atoms with van der Waals surface area (Å²) in [6, 6.07) is 12.8. The van der Waals surface area contributed by atoms with E-state index in [-0.39, 0.29) is 17.7 Å². The third kappa shape index (κ3) is 6.14. The number of halogens is 1. The van der Waals surface area contributed by atoms with Crippen molar-refractivity contribution in [2.45, 2.75) is 32.7 Å². The number of carbonyl (C=O) groups is 2. The van der Waals surface area contributed by atoms with Gasteiger partial charge in [0.25, 0.3) is 5.91 Å². The van der Waals surface area contributed by atoms with Gasteiger partial charge in [0, 0.05) is 26.1 Å². The normalized spacial score (nSPS) is 14.2. The quantitative estimate of drug-likeness (QED) is 0.658. The number of nitrogens with zero attached hydrogens (tertiary/aromatic N) is 1. The Morgan fingerprint density at radius 1 is 1.13 bits per heavy atom. The van der Waals surface area contributed by atoms with E-state index in [0.717, 1.165) is 18.4 Å². The van der Waals surface area contributed by atoms with Gasteiger partial charge in [0.2, 0.25) is 5.91 Å². The maximum atomic E-state index is 12.7. The van der Waals surface area contributed by atoms with Crippen molar-refractivity contribution in [3.63, 3.8) is 0 Å². The van der Waals surface area contributed by atoms with Crippen LogP contribution >= 0.6 is 11.6 Å². The van der Waals surface area contributed by atoms with Gasteiger partial charge in [-0.15, -0.1) is 0 Å². The van der Waals surface area contributed by atoms with Gasteiger partial charge in [-0.3, -0.25) is 9.59 Å². The molecule has 0 unspecified atom stereocenters. The Balaban J connectivity index is 1.45. The number of hydrogen-bond acceptors (Lipinski definition) is 4. The zero-order valence-electron chi connectivity index (χ0n) is 18.0. The number of methoxy groups -OCH3 is 1. The van der Waals surface area contributed by atoms with Gasteiger partial charge < -0.3 is 19.7 Å². The second kappa shape index (κ2) is 11.0. The molecule has 2 amide bonds. The lowest BCUT2D eigenvalue weighted by Crippen LogP contribution is -2.39. The third-order valence-corrected chi connectivity index (χ3v) is 5.83. The van der Waals surface area contributed by atoms with Gasteiger partial charge >= 0.3 is 0 Å². The van der Waals surface area contributed by atoms with Crippen LogP contribution in [0.15, 0.2) is 42.5 Å². The highest BCUT2D eigenvalue weighted by molar-refractivity contribution is 6.33. The van der Waals surface area contributed by atoms with E-state index >= 15 is 0 Å². The van der Waals surface area contributed by atoms with E-state index in [2.05, 4.69) is 5.32 Å². The van der Waals surface area contributed by atoms with Gasteiger partial charge in [0.1, 0.15) is 0 Å². The van der Waals surface area contributed by atoms with Gasteiger partial charge in [0.05, 0.1) is 24.3 Å². The lowest BCUT2D eigenvalue weighted by Gasteiger charge is -2.32. The Bertz CT molecular complexity index is 910. The van der Waals surface area contributed by atoms with Gasteiger partial charge in [0.15, 0.2) is 11.5 Å². The van der Waals surface area contributed by atoms with Crippen LogP contribution in [0.25, 0.3) is 0 Å².